The molecule has 2 aromatic carbocycles. The van der Waals surface area contributed by atoms with Gasteiger partial charge in [0, 0.05) is 55.7 Å². The van der Waals surface area contributed by atoms with Crippen molar-refractivity contribution in [2.75, 3.05) is 36.8 Å². The maximum Gasteiger partial charge on any atom is 0.245 e. The minimum absolute atomic E-state index is 0.0217. The van der Waals surface area contributed by atoms with Gasteiger partial charge in [-0.25, -0.2) is 9.97 Å². The minimum Gasteiger partial charge on any atom is -0.385 e. The fraction of sp³-hybridized carbons (Fsp3) is 0.357. The lowest BCUT2D eigenvalue weighted by Crippen LogP contribution is -2.49. The van der Waals surface area contributed by atoms with Gasteiger partial charge in [0.15, 0.2) is 5.82 Å². The molecule has 198 valence electrons. The molecule has 3 heterocycles. The second-order valence-electron chi connectivity index (χ2n) is 9.76. The number of nitrogens with one attached hydrogen (secondary N) is 3. The molecule has 0 aliphatic carbocycles. The third-order valence-electron chi connectivity index (χ3n) is 7.13. The van der Waals surface area contributed by atoms with E-state index >= 15 is 0 Å². The molecular formula is C28H31ClN6O3. The van der Waals surface area contributed by atoms with E-state index in [1.807, 2.05) is 47.4 Å². The largest absolute Gasteiger partial charge is 0.385 e. The van der Waals surface area contributed by atoms with Crippen LogP contribution < -0.4 is 16.0 Å². The second kappa shape index (κ2) is 11.0. The van der Waals surface area contributed by atoms with E-state index in [0.717, 1.165) is 16.7 Å². The highest BCUT2D eigenvalue weighted by atomic mass is 35.5. The van der Waals surface area contributed by atoms with Crippen LogP contribution in [0.4, 0.5) is 11.6 Å². The fourth-order valence-electron chi connectivity index (χ4n) is 5.01. The summed E-state index contributed by atoms with van der Waals surface area (Å²) < 4.78 is 0. The maximum absolute atomic E-state index is 13.5. The third kappa shape index (κ3) is 5.58. The van der Waals surface area contributed by atoms with Crippen molar-refractivity contribution in [3.05, 3.63) is 70.7 Å². The molecule has 1 saturated heterocycles. The van der Waals surface area contributed by atoms with Crippen LogP contribution in [0.25, 0.3) is 11.4 Å². The normalized spacial score (nSPS) is 17.9. The molecule has 1 unspecified atom stereocenters. The molecule has 1 atom stereocenters. The van der Waals surface area contributed by atoms with Crippen molar-refractivity contribution in [3.63, 3.8) is 0 Å². The molecule has 1 aromatic heterocycles. The first-order valence-electron chi connectivity index (χ1n) is 12.8. The molecule has 10 heteroatoms. The van der Waals surface area contributed by atoms with E-state index in [4.69, 9.17) is 21.6 Å². The molecule has 0 saturated carbocycles. The molecule has 3 aromatic rings. The number of aromatic nitrogens is 2. The van der Waals surface area contributed by atoms with Crippen LogP contribution in [0, 0.1) is 0 Å². The molecule has 0 radical (unpaired) electrons. The number of fused-ring (bicyclic) bond motifs is 1. The van der Waals surface area contributed by atoms with E-state index < -0.39 is 11.6 Å². The molecule has 2 aliphatic rings. The van der Waals surface area contributed by atoms with Gasteiger partial charge in [0.1, 0.15) is 17.7 Å². The first-order valence-corrected chi connectivity index (χ1v) is 13.2. The number of amides is 2. The van der Waals surface area contributed by atoms with E-state index in [1.165, 1.54) is 6.92 Å². The van der Waals surface area contributed by atoms with Crippen LogP contribution in [0.1, 0.15) is 30.9 Å². The summed E-state index contributed by atoms with van der Waals surface area (Å²) in [5.41, 5.74) is 1.56. The lowest BCUT2D eigenvalue weighted by Gasteiger charge is -2.39. The van der Waals surface area contributed by atoms with Gasteiger partial charge in [-0.05, 0) is 30.5 Å². The zero-order valence-corrected chi connectivity index (χ0v) is 22.0. The number of aliphatic hydroxyl groups is 1. The van der Waals surface area contributed by atoms with Gasteiger partial charge in [0.2, 0.25) is 11.8 Å². The summed E-state index contributed by atoms with van der Waals surface area (Å²) in [5, 5.41) is 21.2. The Bertz CT molecular complexity index is 1310. The maximum atomic E-state index is 13.5. The predicted molar refractivity (Wildman–Crippen MR) is 147 cm³/mol. The van der Waals surface area contributed by atoms with Gasteiger partial charge in [-0.3, -0.25) is 9.59 Å². The second-order valence-corrected chi connectivity index (χ2v) is 10.2. The number of hydrogen-bond donors (Lipinski definition) is 4. The van der Waals surface area contributed by atoms with Crippen molar-refractivity contribution in [3.8, 4) is 11.4 Å². The highest BCUT2D eigenvalue weighted by Gasteiger charge is 2.39. The first kappa shape index (κ1) is 25.9. The average Bonchev–Trinajstić information content (AvgIpc) is 3.36. The summed E-state index contributed by atoms with van der Waals surface area (Å²) >= 11 is 6.00. The molecule has 0 spiro atoms. The number of anilines is 2. The summed E-state index contributed by atoms with van der Waals surface area (Å²) in [6.07, 6.45) is 1.35. The van der Waals surface area contributed by atoms with Gasteiger partial charge in [0.05, 0.1) is 5.60 Å². The van der Waals surface area contributed by atoms with E-state index in [-0.39, 0.29) is 11.8 Å². The Hall–Kier alpha value is -3.69. The molecule has 38 heavy (non-hydrogen) atoms. The van der Waals surface area contributed by atoms with Crippen molar-refractivity contribution in [2.45, 2.75) is 37.8 Å². The van der Waals surface area contributed by atoms with Crippen LogP contribution >= 0.6 is 11.6 Å². The topological polar surface area (TPSA) is 119 Å². The van der Waals surface area contributed by atoms with Crippen LogP contribution in [-0.2, 0) is 21.6 Å². The van der Waals surface area contributed by atoms with Crippen molar-refractivity contribution in [1.82, 2.24) is 20.2 Å². The zero-order chi connectivity index (χ0) is 26.7. The average molecular weight is 535 g/mol. The van der Waals surface area contributed by atoms with Crippen LogP contribution in [-0.4, -0.2) is 64.0 Å². The number of hydrogen-bond acceptors (Lipinski definition) is 7. The lowest BCUT2D eigenvalue weighted by molar-refractivity contribution is -0.136. The van der Waals surface area contributed by atoms with Gasteiger partial charge >= 0.3 is 0 Å². The smallest absolute Gasteiger partial charge is 0.245 e. The van der Waals surface area contributed by atoms with E-state index in [2.05, 4.69) is 16.0 Å². The standard InChI is InChI=1S/C28H31ClN6O3/c1-18(36)30-13-14-31-25-22-17-23(32-26(22)34-24(33-25)19-5-3-2-4-6-19)27(37)35-15-11-28(38,12-16-35)20-7-9-21(29)10-8-20/h2-10,23,38H,11-17H2,1H3,(H,30,36)(H2,31,32,33,34). The SMILES string of the molecule is CC(=O)NCCNc1nc(-c2ccccc2)nc2c1CC(C(=O)N1CCC(O)(c3ccc(Cl)cc3)CC1)N2. The van der Waals surface area contributed by atoms with Gasteiger partial charge < -0.3 is 26.0 Å². The van der Waals surface area contributed by atoms with Crippen LogP contribution in [0.2, 0.25) is 5.02 Å². The Kier molecular flexibility index (Phi) is 7.49. The van der Waals surface area contributed by atoms with Crippen molar-refractivity contribution in [2.24, 2.45) is 0 Å². The molecule has 5 rings (SSSR count). The monoisotopic (exact) mass is 534 g/mol. The van der Waals surface area contributed by atoms with Gasteiger partial charge in [-0.2, -0.15) is 0 Å². The minimum atomic E-state index is -0.978. The molecule has 4 N–H and O–H groups in total. The Labute approximate surface area is 226 Å². The van der Waals surface area contributed by atoms with Crippen molar-refractivity contribution < 1.29 is 14.7 Å². The van der Waals surface area contributed by atoms with Crippen molar-refractivity contribution in [1.29, 1.82) is 0 Å². The molecule has 2 amide bonds. The number of nitrogens with zero attached hydrogens (tertiary/aromatic N) is 3. The van der Waals surface area contributed by atoms with Gasteiger partial charge in [0.25, 0.3) is 0 Å². The number of piperidine rings is 1. The third-order valence-corrected chi connectivity index (χ3v) is 7.38. The molecule has 1 fully saturated rings. The Morgan fingerprint density at radius 1 is 1.08 bits per heavy atom. The number of carbonyl (C=O) groups excluding carboxylic acids is 2. The van der Waals surface area contributed by atoms with Gasteiger partial charge in [-0.15, -0.1) is 0 Å². The van der Waals surface area contributed by atoms with E-state index in [9.17, 15) is 14.7 Å². The molecular weight excluding hydrogens is 504 g/mol. The Morgan fingerprint density at radius 2 is 1.79 bits per heavy atom. The van der Waals surface area contributed by atoms with E-state index in [0.29, 0.717) is 67.9 Å². The lowest BCUT2D eigenvalue weighted by atomic mass is 9.84. The van der Waals surface area contributed by atoms with Crippen molar-refractivity contribution >= 4 is 35.1 Å². The number of likely N-dealkylation sites (tertiary alicyclic amines) is 1. The van der Waals surface area contributed by atoms with Crippen LogP contribution in [0.15, 0.2) is 54.6 Å². The highest BCUT2D eigenvalue weighted by Crippen LogP contribution is 2.36. The Morgan fingerprint density at radius 3 is 2.47 bits per heavy atom. The first-order chi connectivity index (χ1) is 18.3. The number of halogens is 1. The molecule has 2 aliphatic heterocycles. The highest BCUT2D eigenvalue weighted by molar-refractivity contribution is 6.30. The van der Waals surface area contributed by atoms with Gasteiger partial charge in [-0.1, -0.05) is 54.1 Å². The summed E-state index contributed by atoms with van der Waals surface area (Å²) in [4.78, 5) is 36.1. The Balaban J connectivity index is 1.30. The van der Waals surface area contributed by atoms with E-state index in [1.54, 1.807) is 12.1 Å². The zero-order valence-electron chi connectivity index (χ0n) is 21.2. The number of benzene rings is 2. The summed E-state index contributed by atoms with van der Waals surface area (Å²) in [6.45, 7) is 3.33. The summed E-state index contributed by atoms with van der Waals surface area (Å²) in [7, 11) is 0. The summed E-state index contributed by atoms with van der Waals surface area (Å²) in [5.74, 6) is 1.72. The predicted octanol–water partition coefficient (Wildman–Crippen LogP) is 3.19. The quantitative estimate of drug-likeness (QED) is 0.344. The molecule has 9 nitrogen and oxygen atoms in total. The number of carbonyl (C=O) groups is 2. The molecule has 0 bridgehead atoms. The number of rotatable bonds is 7. The van der Waals surface area contributed by atoms with Crippen LogP contribution in [0.5, 0.6) is 0 Å². The summed E-state index contributed by atoms with van der Waals surface area (Å²) in [6, 6.07) is 16.4. The fourth-order valence-corrected chi connectivity index (χ4v) is 5.14. The van der Waals surface area contributed by atoms with Crippen LogP contribution in [0.3, 0.4) is 0 Å².